The lowest BCUT2D eigenvalue weighted by Gasteiger charge is -2.22. The van der Waals surface area contributed by atoms with Crippen molar-refractivity contribution in [3.63, 3.8) is 0 Å². The summed E-state index contributed by atoms with van der Waals surface area (Å²) < 4.78 is 13.4. The van der Waals surface area contributed by atoms with Crippen LogP contribution in [-0.4, -0.2) is 54.3 Å². The van der Waals surface area contributed by atoms with Gasteiger partial charge >= 0.3 is 0 Å². The Morgan fingerprint density at radius 3 is 2.59 bits per heavy atom. The molecule has 1 unspecified atom stereocenters. The molecule has 0 aliphatic carbocycles. The minimum atomic E-state index is -0.418. The largest absolute Gasteiger partial charge is 0.348 e. The van der Waals surface area contributed by atoms with Gasteiger partial charge in [0.25, 0.3) is 5.91 Å². The van der Waals surface area contributed by atoms with Gasteiger partial charge in [0.1, 0.15) is 5.82 Å². The van der Waals surface area contributed by atoms with E-state index in [9.17, 15) is 14.0 Å². The maximum atomic E-state index is 13.4. The fraction of sp³-hybridized carbons (Fsp3) is 0.364. The van der Waals surface area contributed by atoms with Crippen molar-refractivity contribution < 1.29 is 14.0 Å². The molecule has 1 heterocycles. The van der Waals surface area contributed by atoms with Crippen molar-refractivity contribution >= 4 is 23.4 Å². The third-order valence-electron chi connectivity index (χ3n) is 5.06. The molecule has 0 bridgehead atoms. The van der Waals surface area contributed by atoms with E-state index in [1.54, 1.807) is 29.2 Å². The molecule has 2 amide bonds. The first-order chi connectivity index (χ1) is 13.9. The zero-order valence-corrected chi connectivity index (χ0v) is 17.2. The standard InChI is InChI=1S/C22H25ClFN3O2/c1-16(17-6-8-19(23)9-7-17)25-21(28)15-26-10-3-11-27(13-12-26)22(29)18-4-2-5-20(24)14-18/h2,4-9,14,16H,3,10-13,15H2,1H3,(H,25,28). The molecule has 2 aromatic carbocycles. The zero-order chi connectivity index (χ0) is 20.8. The Hall–Kier alpha value is -2.44. The highest BCUT2D eigenvalue weighted by molar-refractivity contribution is 6.30. The Labute approximate surface area is 175 Å². The van der Waals surface area contributed by atoms with Gasteiger partial charge in [0.2, 0.25) is 5.91 Å². The molecule has 1 N–H and O–H groups in total. The molecule has 5 nitrogen and oxygen atoms in total. The van der Waals surface area contributed by atoms with Gasteiger partial charge in [-0.1, -0.05) is 29.8 Å². The molecule has 154 valence electrons. The number of hydrogen-bond donors (Lipinski definition) is 1. The van der Waals surface area contributed by atoms with Crippen LogP contribution < -0.4 is 5.32 Å². The van der Waals surface area contributed by atoms with Gasteiger partial charge < -0.3 is 10.2 Å². The highest BCUT2D eigenvalue weighted by atomic mass is 35.5. The van der Waals surface area contributed by atoms with Gasteiger partial charge in [-0.25, -0.2) is 4.39 Å². The van der Waals surface area contributed by atoms with Crippen LogP contribution in [0.25, 0.3) is 0 Å². The van der Waals surface area contributed by atoms with Crippen LogP contribution in [-0.2, 0) is 4.79 Å². The molecule has 0 spiro atoms. The van der Waals surface area contributed by atoms with E-state index in [2.05, 4.69) is 5.32 Å². The van der Waals surface area contributed by atoms with E-state index < -0.39 is 5.82 Å². The Morgan fingerprint density at radius 1 is 1.10 bits per heavy atom. The topological polar surface area (TPSA) is 52.7 Å². The first-order valence-corrected chi connectivity index (χ1v) is 10.1. The SMILES string of the molecule is CC(NC(=O)CN1CCCN(C(=O)c2cccc(F)c2)CC1)c1ccc(Cl)cc1. The van der Waals surface area contributed by atoms with Crippen LogP contribution in [0, 0.1) is 5.82 Å². The van der Waals surface area contributed by atoms with E-state index in [0.29, 0.717) is 30.2 Å². The molecule has 1 fully saturated rings. The second-order valence-corrected chi connectivity index (χ2v) is 7.71. The van der Waals surface area contributed by atoms with Crippen molar-refractivity contribution in [1.29, 1.82) is 0 Å². The van der Waals surface area contributed by atoms with Gasteiger partial charge in [0, 0.05) is 36.8 Å². The fourth-order valence-electron chi connectivity index (χ4n) is 3.46. The van der Waals surface area contributed by atoms with E-state index in [1.165, 1.54) is 12.1 Å². The Bertz CT molecular complexity index is 859. The number of hydrogen-bond acceptors (Lipinski definition) is 3. The maximum Gasteiger partial charge on any atom is 0.254 e. The molecule has 0 aromatic heterocycles. The second kappa shape index (κ2) is 9.85. The lowest BCUT2D eigenvalue weighted by Crippen LogP contribution is -2.40. The van der Waals surface area contributed by atoms with Crippen molar-refractivity contribution in [2.45, 2.75) is 19.4 Å². The third-order valence-corrected chi connectivity index (χ3v) is 5.31. The normalized spacial score (nSPS) is 16.2. The number of nitrogens with zero attached hydrogens (tertiary/aromatic N) is 2. The van der Waals surface area contributed by atoms with Crippen molar-refractivity contribution in [3.05, 3.63) is 70.5 Å². The molecule has 0 saturated carbocycles. The van der Waals surface area contributed by atoms with E-state index in [1.807, 2.05) is 24.0 Å². The molecule has 3 rings (SSSR count). The predicted octanol–water partition coefficient (Wildman–Crippen LogP) is 3.50. The summed E-state index contributed by atoms with van der Waals surface area (Å²) in [6.07, 6.45) is 0.765. The summed E-state index contributed by atoms with van der Waals surface area (Å²) in [7, 11) is 0. The molecule has 7 heteroatoms. The monoisotopic (exact) mass is 417 g/mol. The summed E-state index contributed by atoms with van der Waals surface area (Å²) in [5.41, 5.74) is 1.35. The van der Waals surface area contributed by atoms with Gasteiger partial charge in [-0.05, 0) is 49.2 Å². The van der Waals surface area contributed by atoms with Crippen LogP contribution in [0.4, 0.5) is 4.39 Å². The lowest BCUT2D eigenvalue weighted by molar-refractivity contribution is -0.122. The van der Waals surface area contributed by atoms with Crippen LogP contribution in [0.15, 0.2) is 48.5 Å². The Morgan fingerprint density at radius 2 is 1.86 bits per heavy atom. The van der Waals surface area contributed by atoms with Crippen molar-refractivity contribution in [1.82, 2.24) is 15.1 Å². The second-order valence-electron chi connectivity index (χ2n) is 7.27. The smallest absolute Gasteiger partial charge is 0.254 e. The molecule has 0 radical (unpaired) electrons. The molecule has 1 aliphatic heterocycles. The molecule has 2 aromatic rings. The summed E-state index contributed by atoms with van der Waals surface area (Å²) in [5, 5.41) is 3.66. The first-order valence-electron chi connectivity index (χ1n) is 9.74. The molecule has 1 atom stereocenters. The van der Waals surface area contributed by atoms with Gasteiger partial charge in [-0.15, -0.1) is 0 Å². The van der Waals surface area contributed by atoms with Gasteiger partial charge in [0.05, 0.1) is 12.6 Å². The zero-order valence-electron chi connectivity index (χ0n) is 16.4. The minimum Gasteiger partial charge on any atom is -0.348 e. The summed E-state index contributed by atoms with van der Waals surface area (Å²) in [5.74, 6) is -0.650. The van der Waals surface area contributed by atoms with Crippen LogP contribution in [0.1, 0.15) is 35.3 Å². The van der Waals surface area contributed by atoms with Crippen LogP contribution in [0.5, 0.6) is 0 Å². The average Bonchev–Trinajstić information content (AvgIpc) is 2.93. The third kappa shape index (κ3) is 6.02. The number of rotatable bonds is 5. The van der Waals surface area contributed by atoms with Crippen LogP contribution >= 0.6 is 11.6 Å². The summed E-state index contributed by atoms with van der Waals surface area (Å²) >= 11 is 5.91. The van der Waals surface area contributed by atoms with Gasteiger partial charge in [0.15, 0.2) is 0 Å². The number of carbonyl (C=O) groups is 2. The molecular weight excluding hydrogens is 393 g/mol. The van der Waals surface area contributed by atoms with Crippen LogP contribution in [0.2, 0.25) is 5.02 Å². The number of nitrogens with one attached hydrogen (secondary N) is 1. The number of amides is 2. The summed E-state index contributed by atoms with van der Waals surface area (Å²) in [4.78, 5) is 28.8. The predicted molar refractivity (Wildman–Crippen MR) is 111 cm³/mol. The maximum absolute atomic E-state index is 13.4. The number of carbonyl (C=O) groups excluding carboxylic acids is 2. The van der Waals surface area contributed by atoms with E-state index in [0.717, 1.165) is 18.5 Å². The first kappa shape index (κ1) is 21.3. The van der Waals surface area contributed by atoms with E-state index in [-0.39, 0.29) is 24.4 Å². The van der Waals surface area contributed by atoms with E-state index >= 15 is 0 Å². The van der Waals surface area contributed by atoms with Crippen molar-refractivity contribution in [2.24, 2.45) is 0 Å². The number of halogens is 2. The quantitative estimate of drug-likeness (QED) is 0.810. The fourth-order valence-corrected chi connectivity index (χ4v) is 3.59. The summed E-state index contributed by atoms with van der Waals surface area (Å²) in [6, 6.07) is 13.0. The minimum absolute atomic E-state index is 0.0580. The molecule has 29 heavy (non-hydrogen) atoms. The Balaban J connectivity index is 1.50. The molecular formula is C22H25ClFN3O2. The van der Waals surface area contributed by atoms with Gasteiger partial charge in [-0.3, -0.25) is 14.5 Å². The highest BCUT2D eigenvalue weighted by Gasteiger charge is 2.22. The summed E-state index contributed by atoms with van der Waals surface area (Å²) in [6.45, 7) is 4.65. The molecule has 1 saturated heterocycles. The van der Waals surface area contributed by atoms with E-state index in [4.69, 9.17) is 11.6 Å². The van der Waals surface area contributed by atoms with Crippen molar-refractivity contribution in [2.75, 3.05) is 32.7 Å². The molecule has 1 aliphatic rings. The average molecular weight is 418 g/mol. The Kier molecular flexibility index (Phi) is 7.23. The van der Waals surface area contributed by atoms with Crippen molar-refractivity contribution in [3.8, 4) is 0 Å². The number of benzene rings is 2. The lowest BCUT2D eigenvalue weighted by atomic mass is 10.1. The van der Waals surface area contributed by atoms with Gasteiger partial charge in [-0.2, -0.15) is 0 Å². The highest BCUT2D eigenvalue weighted by Crippen LogP contribution is 2.16. The van der Waals surface area contributed by atoms with Crippen LogP contribution in [0.3, 0.4) is 0 Å².